The lowest BCUT2D eigenvalue weighted by molar-refractivity contribution is 0.520. The average Bonchev–Trinajstić information content (AvgIpc) is 1.64. The van der Waals surface area contributed by atoms with Crippen LogP contribution in [0.3, 0.4) is 0 Å². The average molecular weight is 164 g/mol. The van der Waals surface area contributed by atoms with Crippen LogP contribution in [0.5, 0.6) is 0 Å². The van der Waals surface area contributed by atoms with E-state index in [4.69, 9.17) is 4.21 Å². The van der Waals surface area contributed by atoms with Crippen molar-refractivity contribution in [1.82, 2.24) is 0 Å². The molecule has 9 heavy (non-hydrogen) atoms. The number of rotatable bonds is 4. The highest BCUT2D eigenvalue weighted by Gasteiger charge is 2.21. The Morgan fingerprint density at radius 1 is 1.56 bits per heavy atom. The first kappa shape index (κ1) is 9.28. The third-order valence-corrected chi connectivity index (χ3v) is 5.12. The summed E-state index contributed by atoms with van der Waals surface area (Å²) in [6, 6.07) is 1.09. The maximum Gasteiger partial charge on any atom is 0.316 e. The van der Waals surface area contributed by atoms with Crippen molar-refractivity contribution in [2.24, 2.45) is 0 Å². The molecule has 0 radical (unpaired) electrons. The Morgan fingerprint density at radius 3 is 2.44 bits per heavy atom. The summed E-state index contributed by atoms with van der Waals surface area (Å²) in [5.41, 5.74) is 0. The van der Waals surface area contributed by atoms with Gasteiger partial charge in [-0.15, -0.1) is 0 Å². The highest BCUT2D eigenvalue weighted by molar-refractivity contribution is 7.20. The van der Waals surface area contributed by atoms with Crippen molar-refractivity contribution in [1.29, 1.82) is 0 Å². The van der Waals surface area contributed by atoms with Crippen molar-refractivity contribution in [3.63, 3.8) is 0 Å². The first-order valence-electron chi connectivity index (χ1n) is 3.13. The molecule has 0 aromatic rings. The Labute approximate surface area is 59.0 Å². The van der Waals surface area contributed by atoms with E-state index < -0.39 is 8.32 Å². The molecule has 0 bridgehead atoms. The van der Waals surface area contributed by atoms with Crippen LogP contribution in [0, 0.1) is 0 Å². The first-order valence-corrected chi connectivity index (χ1v) is 6.98. The summed E-state index contributed by atoms with van der Waals surface area (Å²) in [5, 5.41) is 0. The van der Waals surface area contributed by atoms with Crippen LogP contribution in [0.2, 0.25) is 19.1 Å². The van der Waals surface area contributed by atoms with E-state index in [0.717, 1.165) is 12.5 Å². The van der Waals surface area contributed by atoms with E-state index >= 15 is 0 Å². The highest BCUT2D eigenvalue weighted by atomic mass is 31.1. The molecule has 54 valence electrons. The molecular weight excluding hydrogens is 151 g/mol. The molecule has 4 heteroatoms. The maximum absolute atomic E-state index is 10.0. The van der Waals surface area contributed by atoms with Gasteiger partial charge in [0.05, 0.1) is 0 Å². The minimum Gasteiger partial charge on any atom is -0.338 e. The second kappa shape index (κ2) is 4.15. The summed E-state index contributed by atoms with van der Waals surface area (Å²) in [6.07, 6.45) is 1.12. The molecule has 0 saturated carbocycles. The van der Waals surface area contributed by atoms with E-state index in [1.165, 1.54) is 0 Å². The van der Waals surface area contributed by atoms with Crippen LogP contribution in [-0.4, -0.2) is 8.32 Å². The van der Waals surface area contributed by atoms with Crippen molar-refractivity contribution >= 4 is 17.0 Å². The van der Waals surface area contributed by atoms with Gasteiger partial charge in [0.25, 0.3) is 0 Å². The highest BCUT2D eigenvalue weighted by Crippen LogP contribution is 2.17. The van der Waals surface area contributed by atoms with Crippen LogP contribution in [-0.2, 0) is 8.78 Å². The molecule has 0 aliphatic rings. The van der Waals surface area contributed by atoms with Crippen LogP contribution in [0.1, 0.15) is 13.3 Å². The zero-order valence-electron chi connectivity index (χ0n) is 6.18. The minimum absolute atomic E-state index is 0.155. The Bertz CT molecular complexity index is 95.0. The topological polar surface area (TPSA) is 26.3 Å². The third-order valence-electron chi connectivity index (χ3n) is 1.14. The van der Waals surface area contributed by atoms with E-state index in [0.29, 0.717) is 0 Å². The number of hydrogen-bond donors (Lipinski definition) is 0. The number of hydrogen-bond acceptors (Lipinski definition) is 2. The second-order valence-electron chi connectivity index (χ2n) is 2.68. The lowest BCUT2D eigenvalue weighted by Gasteiger charge is -2.15. The Balaban J connectivity index is 3.55. The molecule has 0 aromatic heterocycles. The fourth-order valence-corrected chi connectivity index (χ4v) is 3.12. The normalized spacial score (nSPS) is 12.3. The summed E-state index contributed by atoms with van der Waals surface area (Å²) in [7, 11) is -1.68. The van der Waals surface area contributed by atoms with Gasteiger partial charge in [0.15, 0.2) is 0 Å². The molecule has 2 nitrogen and oxygen atoms in total. The van der Waals surface area contributed by atoms with Crippen molar-refractivity contribution in [3.8, 4) is 0 Å². The van der Waals surface area contributed by atoms with Gasteiger partial charge in [0, 0.05) is 0 Å². The molecule has 0 spiro atoms. The summed E-state index contributed by atoms with van der Waals surface area (Å²) in [5.74, 6) is 0. The predicted molar refractivity (Wildman–Crippen MR) is 41.3 cm³/mol. The van der Waals surface area contributed by atoms with Crippen LogP contribution in [0.4, 0.5) is 0 Å². The van der Waals surface area contributed by atoms with Crippen LogP contribution >= 0.6 is 8.69 Å². The van der Waals surface area contributed by atoms with Gasteiger partial charge in [0.2, 0.25) is 8.32 Å². The molecule has 0 atom stereocenters. The van der Waals surface area contributed by atoms with Crippen molar-refractivity contribution in [2.75, 3.05) is 0 Å². The van der Waals surface area contributed by atoms with Gasteiger partial charge < -0.3 is 4.21 Å². The summed E-state index contributed by atoms with van der Waals surface area (Å²) in [4.78, 5) is 0. The molecule has 0 aromatic carbocycles. The largest absolute Gasteiger partial charge is 0.338 e. The SMILES string of the molecule is CCC[Si](C)(C)OP=O. The van der Waals surface area contributed by atoms with Gasteiger partial charge in [-0.2, -0.15) is 0 Å². The standard InChI is InChI=1S/C5H13O2PSi/c1-4-5-9(2,3)7-8-6/h4-5H2,1-3H3. The Morgan fingerprint density at radius 2 is 2.11 bits per heavy atom. The van der Waals surface area contributed by atoms with Gasteiger partial charge >= 0.3 is 8.69 Å². The lowest BCUT2D eigenvalue weighted by atomic mass is 10.6. The van der Waals surface area contributed by atoms with Gasteiger partial charge in [0.1, 0.15) is 0 Å². The maximum atomic E-state index is 10.0. The molecule has 0 rings (SSSR count). The monoisotopic (exact) mass is 164 g/mol. The molecule has 0 amide bonds. The Kier molecular flexibility index (Phi) is 4.28. The first-order chi connectivity index (χ1) is 4.12. The van der Waals surface area contributed by atoms with Crippen LogP contribution in [0.15, 0.2) is 0 Å². The molecule has 0 saturated heterocycles. The van der Waals surface area contributed by atoms with Crippen molar-refractivity contribution < 1.29 is 8.78 Å². The smallest absolute Gasteiger partial charge is 0.316 e. The van der Waals surface area contributed by atoms with Gasteiger partial charge in [-0.25, -0.2) is 4.57 Å². The summed E-state index contributed by atoms with van der Waals surface area (Å²) >= 11 is 0. The molecule has 0 heterocycles. The van der Waals surface area contributed by atoms with E-state index in [2.05, 4.69) is 20.0 Å². The van der Waals surface area contributed by atoms with E-state index in [1.807, 2.05) is 0 Å². The van der Waals surface area contributed by atoms with E-state index in [9.17, 15) is 4.57 Å². The fraction of sp³-hybridized carbons (Fsp3) is 1.00. The summed E-state index contributed by atoms with van der Waals surface area (Å²) < 4.78 is 15.0. The van der Waals surface area contributed by atoms with Crippen LogP contribution < -0.4 is 0 Å². The molecule has 0 aliphatic carbocycles. The molecule has 0 aliphatic heterocycles. The molecule has 0 unspecified atom stereocenters. The molecular formula is C5H13O2PSi. The zero-order chi connectivity index (χ0) is 7.33. The van der Waals surface area contributed by atoms with Crippen LogP contribution in [0.25, 0.3) is 0 Å². The quantitative estimate of drug-likeness (QED) is 0.471. The third kappa shape index (κ3) is 4.76. The second-order valence-corrected chi connectivity index (χ2v) is 7.57. The van der Waals surface area contributed by atoms with Gasteiger partial charge in [-0.3, -0.25) is 0 Å². The fourth-order valence-electron chi connectivity index (χ4n) is 0.749. The van der Waals surface area contributed by atoms with Crippen molar-refractivity contribution in [2.45, 2.75) is 32.5 Å². The lowest BCUT2D eigenvalue weighted by Crippen LogP contribution is -2.25. The van der Waals surface area contributed by atoms with Gasteiger partial charge in [-0.1, -0.05) is 13.3 Å². The predicted octanol–water partition coefficient (Wildman–Crippen LogP) is 2.82. The van der Waals surface area contributed by atoms with E-state index in [1.54, 1.807) is 0 Å². The molecule has 0 N–H and O–H groups in total. The zero-order valence-corrected chi connectivity index (χ0v) is 8.07. The van der Waals surface area contributed by atoms with Gasteiger partial charge in [-0.05, 0) is 19.1 Å². The Hall–Kier alpha value is 0.277. The summed E-state index contributed by atoms with van der Waals surface area (Å²) in [6.45, 7) is 6.25. The van der Waals surface area contributed by atoms with E-state index in [-0.39, 0.29) is 8.69 Å². The minimum atomic E-state index is -1.53. The molecule has 0 fully saturated rings. The van der Waals surface area contributed by atoms with Crippen molar-refractivity contribution in [3.05, 3.63) is 0 Å².